The van der Waals surface area contributed by atoms with Gasteiger partial charge in [-0.2, -0.15) is 0 Å². The van der Waals surface area contributed by atoms with E-state index >= 15 is 0 Å². The molecule has 1 saturated heterocycles. The molecule has 0 unspecified atom stereocenters. The number of hydrogen-bond acceptors (Lipinski definition) is 3. The Morgan fingerprint density at radius 1 is 1.04 bits per heavy atom. The molecule has 4 nitrogen and oxygen atoms in total. The average Bonchev–Trinajstić information content (AvgIpc) is 2.61. The number of ketones is 1. The van der Waals surface area contributed by atoms with Crippen LogP contribution in [0.25, 0.3) is 0 Å². The summed E-state index contributed by atoms with van der Waals surface area (Å²) in [4.78, 5) is 27.4. The Bertz CT molecular complexity index is 758. The SMILES string of the molecule is N[C@@H]1CCCN(C(=O)c2ccccc2C(=O)c2ccc(Cl)cc2)C1. The molecule has 1 aliphatic heterocycles. The van der Waals surface area contributed by atoms with Crippen molar-refractivity contribution in [3.63, 3.8) is 0 Å². The third kappa shape index (κ3) is 3.50. The fraction of sp³-hybridized carbons (Fsp3) is 0.263. The summed E-state index contributed by atoms with van der Waals surface area (Å²) in [5.74, 6) is -0.319. The summed E-state index contributed by atoms with van der Waals surface area (Å²) < 4.78 is 0. The van der Waals surface area contributed by atoms with Gasteiger partial charge in [0.15, 0.2) is 5.78 Å². The van der Waals surface area contributed by atoms with E-state index in [4.69, 9.17) is 17.3 Å². The molecular weight excluding hydrogens is 324 g/mol. The van der Waals surface area contributed by atoms with Gasteiger partial charge in [0.25, 0.3) is 5.91 Å². The zero-order chi connectivity index (χ0) is 17.1. The molecule has 1 fully saturated rings. The van der Waals surface area contributed by atoms with Gasteiger partial charge < -0.3 is 10.6 Å². The van der Waals surface area contributed by atoms with Crippen molar-refractivity contribution in [2.75, 3.05) is 13.1 Å². The summed E-state index contributed by atoms with van der Waals surface area (Å²) in [6, 6.07) is 13.6. The molecule has 2 N–H and O–H groups in total. The lowest BCUT2D eigenvalue weighted by molar-refractivity contribution is 0.0705. The van der Waals surface area contributed by atoms with E-state index in [9.17, 15) is 9.59 Å². The number of amides is 1. The quantitative estimate of drug-likeness (QED) is 0.871. The maximum absolute atomic E-state index is 12.9. The highest BCUT2D eigenvalue weighted by atomic mass is 35.5. The third-order valence-electron chi connectivity index (χ3n) is 4.25. The van der Waals surface area contributed by atoms with Gasteiger partial charge in [0.05, 0.1) is 5.56 Å². The van der Waals surface area contributed by atoms with Crippen LogP contribution in [0.4, 0.5) is 0 Å². The van der Waals surface area contributed by atoms with Gasteiger partial charge in [-0.25, -0.2) is 0 Å². The van der Waals surface area contributed by atoms with Crippen molar-refractivity contribution in [1.82, 2.24) is 4.90 Å². The van der Waals surface area contributed by atoms with Gasteiger partial charge in [0, 0.05) is 35.3 Å². The standard InChI is InChI=1S/C19H19ClN2O2/c20-14-9-7-13(8-10-14)18(23)16-5-1-2-6-17(16)19(24)22-11-3-4-15(21)12-22/h1-2,5-10,15H,3-4,11-12,21H2/t15-/m1/s1. The minimum atomic E-state index is -0.183. The smallest absolute Gasteiger partial charge is 0.254 e. The highest BCUT2D eigenvalue weighted by Gasteiger charge is 2.25. The highest BCUT2D eigenvalue weighted by Crippen LogP contribution is 2.20. The van der Waals surface area contributed by atoms with Crippen LogP contribution >= 0.6 is 11.6 Å². The maximum atomic E-state index is 12.9. The molecule has 1 heterocycles. The van der Waals surface area contributed by atoms with E-state index in [0.29, 0.717) is 34.8 Å². The summed E-state index contributed by atoms with van der Waals surface area (Å²) in [6.07, 6.45) is 1.81. The summed E-state index contributed by atoms with van der Waals surface area (Å²) >= 11 is 5.88. The van der Waals surface area contributed by atoms with Gasteiger partial charge in [-0.3, -0.25) is 9.59 Å². The number of carbonyl (C=O) groups excluding carboxylic acids is 2. The van der Waals surface area contributed by atoms with Crippen molar-refractivity contribution in [3.05, 3.63) is 70.2 Å². The first-order valence-electron chi connectivity index (χ1n) is 8.00. The van der Waals surface area contributed by atoms with Crippen LogP contribution in [-0.2, 0) is 0 Å². The number of piperidine rings is 1. The molecule has 2 aromatic carbocycles. The van der Waals surface area contributed by atoms with Crippen LogP contribution in [0.2, 0.25) is 5.02 Å². The molecule has 2 aromatic rings. The first-order valence-corrected chi connectivity index (χ1v) is 8.38. The number of halogens is 1. The normalized spacial score (nSPS) is 17.6. The lowest BCUT2D eigenvalue weighted by atomic mass is 9.96. The number of benzene rings is 2. The summed E-state index contributed by atoms with van der Waals surface area (Å²) in [5, 5.41) is 0.568. The Balaban J connectivity index is 1.91. The van der Waals surface area contributed by atoms with Gasteiger partial charge >= 0.3 is 0 Å². The van der Waals surface area contributed by atoms with Gasteiger partial charge in [-0.1, -0.05) is 29.8 Å². The predicted molar refractivity (Wildman–Crippen MR) is 94.4 cm³/mol. The van der Waals surface area contributed by atoms with Crippen LogP contribution in [-0.4, -0.2) is 35.7 Å². The number of nitrogens with zero attached hydrogens (tertiary/aromatic N) is 1. The number of hydrogen-bond donors (Lipinski definition) is 1. The largest absolute Gasteiger partial charge is 0.337 e. The van der Waals surface area contributed by atoms with E-state index in [1.807, 2.05) is 0 Å². The first-order chi connectivity index (χ1) is 11.6. The minimum Gasteiger partial charge on any atom is -0.337 e. The fourth-order valence-corrected chi connectivity index (χ4v) is 3.12. The maximum Gasteiger partial charge on any atom is 0.254 e. The van der Waals surface area contributed by atoms with E-state index in [1.54, 1.807) is 53.4 Å². The Morgan fingerprint density at radius 3 is 2.38 bits per heavy atom. The first kappa shape index (κ1) is 16.7. The molecule has 0 aromatic heterocycles. The molecule has 0 aliphatic carbocycles. The van der Waals surface area contributed by atoms with Crippen molar-refractivity contribution in [1.29, 1.82) is 0 Å². The van der Waals surface area contributed by atoms with E-state index < -0.39 is 0 Å². The van der Waals surface area contributed by atoms with Gasteiger partial charge in [-0.15, -0.1) is 0 Å². The molecule has 0 radical (unpaired) electrons. The summed E-state index contributed by atoms with van der Waals surface area (Å²) in [5.41, 5.74) is 7.31. The van der Waals surface area contributed by atoms with Crippen molar-refractivity contribution < 1.29 is 9.59 Å². The monoisotopic (exact) mass is 342 g/mol. The van der Waals surface area contributed by atoms with Crippen LogP contribution in [0.15, 0.2) is 48.5 Å². The van der Waals surface area contributed by atoms with E-state index in [0.717, 1.165) is 12.8 Å². The minimum absolute atomic E-state index is 0.00169. The van der Waals surface area contributed by atoms with Crippen LogP contribution in [0, 0.1) is 0 Å². The molecular formula is C19H19ClN2O2. The Labute approximate surface area is 146 Å². The van der Waals surface area contributed by atoms with Crippen molar-refractivity contribution >= 4 is 23.3 Å². The van der Waals surface area contributed by atoms with E-state index in [2.05, 4.69) is 0 Å². The molecule has 0 spiro atoms. The molecule has 0 bridgehead atoms. The molecule has 1 aliphatic rings. The second-order valence-corrected chi connectivity index (χ2v) is 6.47. The van der Waals surface area contributed by atoms with Crippen molar-refractivity contribution in [2.45, 2.75) is 18.9 Å². The number of carbonyl (C=O) groups is 2. The van der Waals surface area contributed by atoms with Gasteiger partial charge in [0.1, 0.15) is 0 Å². The average molecular weight is 343 g/mol. The topological polar surface area (TPSA) is 63.4 Å². The van der Waals surface area contributed by atoms with Crippen LogP contribution in [0.1, 0.15) is 39.1 Å². The second kappa shape index (κ2) is 7.16. The van der Waals surface area contributed by atoms with Crippen LogP contribution < -0.4 is 5.73 Å². The second-order valence-electron chi connectivity index (χ2n) is 6.04. The molecule has 1 amide bonds. The van der Waals surface area contributed by atoms with Gasteiger partial charge in [-0.05, 0) is 43.2 Å². The van der Waals surface area contributed by atoms with E-state index in [1.165, 1.54) is 0 Å². The highest BCUT2D eigenvalue weighted by molar-refractivity contribution is 6.30. The predicted octanol–water partition coefficient (Wildman–Crippen LogP) is 3.13. The Hall–Kier alpha value is -2.17. The van der Waals surface area contributed by atoms with Gasteiger partial charge in [0.2, 0.25) is 0 Å². The van der Waals surface area contributed by atoms with Crippen molar-refractivity contribution in [3.8, 4) is 0 Å². The summed E-state index contributed by atoms with van der Waals surface area (Å²) in [6.45, 7) is 1.21. The molecule has 24 heavy (non-hydrogen) atoms. The fourth-order valence-electron chi connectivity index (χ4n) is 2.99. The molecule has 3 rings (SSSR count). The zero-order valence-electron chi connectivity index (χ0n) is 13.2. The van der Waals surface area contributed by atoms with E-state index in [-0.39, 0.29) is 17.7 Å². The summed E-state index contributed by atoms with van der Waals surface area (Å²) in [7, 11) is 0. The lowest BCUT2D eigenvalue weighted by Gasteiger charge is -2.31. The van der Waals surface area contributed by atoms with Crippen LogP contribution in [0.3, 0.4) is 0 Å². The van der Waals surface area contributed by atoms with Crippen molar-refractivity contribution in [2.24, 2.45) is 5.73 Å². The molecule has 0 saturated carbocycles. The lowest BCUT2D eigenvalue weighted by Crippen LogP contribution is -2.46. The zero-order valence-corrected chi connectivity index (χ0v) is 14.0. The molecule has 1 atom stereocenters. The number of likely N-dealkylation sites (tertiary alicyclic amines) is 1. The molecule has 5 heteroatoms. The third-order valence-corrected chi connectivity index (χ3v) is 4.51. The molecule has 124 valence electrons. The van der Waals surface area contributed by atoms with Crippen LogP contribution in [0.5, 0.6) is 0 Å². The Morgan fingerprint density at radius 2 is 1.71 bits per heavy atom. The number of nitrogens with two attached hydrogens (primary N) is 1. The number of rotatable bonds is 3. The Kier molecular flexibility index (Phi) is 4.97.